The molecule has 1 fully saturated rings. The molecule has 0 aromatic carbocycles. The van der Waals surface area contributed by atoms with E-state index in [4.69, 9.17) is 9.29 Å². The number of ether oxygens (including phenoxy) is 1. The minimum Gasteiger partial charge on any atom is -0.392 e. The fourth-order valence-corrected chi connectivity index (χ4v) is 2.16. The highest BCUT2D eigenvalue weighted by atomic mass is 32.2. The van der Waals surface area contributed by atoms with E-state index in [0.29, 0.717) is 26.1 Å². The van der Waals surface area contributed by atoms with Gasteiger partial charge in [-0.15, -0.1) is 0 Å². The number of rotatable bonds is 3. The molecule has 0 aromatic rings. The van der Waals surface area contributed by atoms with Gasteiger partial charge >= 0.3 is 0 Å². The molecule has 6 heteroatoms. The van der Waals surface area contributed by atoms with E-state index in [2.05, 4.69) is 0 Å². The maximum absolute atomic E-state index is 10.4. The van der Waals surface area contributed by atoms with Gasteiger partial charge in [0.05, 0.1) is 6.10 Å². The lowest BCUT2D eigenvalue weighted by molar-refractivity contribution is 0.0159. The monoisotopic (exact) mass is 210 g/mol. The predicted molar refractivity (Wildman–Crippen MR) is 46.0 cm³/mol. The first-order valence-corrected chi connectivity index (χ1v) is 5.81. The molecule has 2 N–H and O–H groups in total. The summed E-state index contributed by atoms with van der Waals surface area (Å²) in [6.07, 6.45) is 0.326. The van der Waals surface area contributed by atoms with Crippen molar-refractivity contribution in [2.45, 2.75) is 18.9 Å². The lowest BCUT2D eigenvalue weighted by atomic mass is 9.95. The van der Waals surface area contributed by atoms with Crippen molar-refractivity contribution in [2.75, 3.05) is 19.0 Å². The maximum atomic E-state index is 10.4. The molecule has 0 aromatic heterocycles. The van der Waals surface area contributed by atoms with Crippen molar-refractivity contribution < 1.29 is 22.8 Å². The molecule has 78 valence electrons. The van der Waals surface area contributed by atoms with Crippen LogP contribution in [0.1, 0.15) is 12.8 Å². The van der Waals surface area contributed by atoms with Crippen molar-refractivity contribution >= 4 is 10.1 Å². The fourth-order valence-electron chi connectivity index (χ4n) is 1.45. The zero-order valence-corrected chi connectivity index (χ0v) is 8.03. The average Bonchev–Trinajstić information content (AvgIpc) is 2.03. The molecule has 1 saturated heterocycles. The molecule has 5 nitrogen and oxygen atoms in total. The summed E-state index contributed by atoms with van der Waals surface area (Å²) in [6.45, 7) is 1.10. The number of aliphatic hydroxyl groups is 1. The van der Waals surface area contributed by atoms with E-state index < -0.39 is 22.0 Å². The lowest BCUT2D eigenvalue weighted by Crippen LogP contribution is -2.32. The van der Waals surface area contributed by atoms with Crippen LogP contribution in [0.3, 0.4) is 0 Å². The zero-order chi connectivity index (χ0) is 9.90. The molecule has 0 aliphatic carbocycles. The third-order valence-electron chi connectivity index (χ3n) is 2.19. The van der Waals surface area contributed by atoms with Crippen LogP contribution in [0.25, 0.3) is 0 Å². The Hall–Kier alpha value is -0.170. The molecule has 1 aliphatic rings. The third kappa shape index (κ3) is 4.04. The molecule has 0 saturated carbocycles. The molecule has 0 radical (unpaired) electrons. The van der Waals surface area contributed by atoms with Crippen LogP contribution < -0.4 is 0 Å². The van der Waals surface area contributed by atoms with Gasteiger partial charge in [-0.3, -0.25) is 4.55 Å². The minimum absolute atomic E-state index is 0.0734. The minimum atomic E-state index is -4.06. The molecular formula is C7H14O5S. The van der Waals surface area contributed by atoms with Crippen LogP contribution in [0.4, 0.5) is 0 Å². The zero-order valence-electron chi connectivity index (χ0n) is 7.22. The standard InChI is InChI=1S/C7H14O5S/c8-7(5-13(9,10)11)6-1-3-12-4-2-6/h6-8H,1-5H2,(H,9,10,11). The largest absolute Gasteiger partial charge is 0.392 e. The maximum Gasteiger partial charge on any atom is 0.267 e. The Morgan fingerprint density at radius 1 is 1.38 bits per heavy atom. The van der Waals surface area contributed by atoms with Crippen molar-refractivity contribution in [3.63, 3.8) is 0 Å². The van der Waals surface area contributed by atoms with E-state index in [1.807, 2.05) is 0 Å². The SMILES string of the molecule is O=S(=O)(O)CC(O)C1CCOCC1. The third-order valence-corrected chi connectivity index (χ3v) is 2.95. The highest BCUT2D eigenvalue weighted by Gasteiger charge is 2.25. The summed E-state index contributed by atoms with van der Waals surface area (Å²) in [6, 6.07) is 0. The van der Waals surface area contributed by atoms with Crippen molar-refractivity contribution in [2.24, 2.45) is 5.92 Å². The fraction of sp³-hybridized carbons (Fsp3) is 1.00. The number of hydrogen-bond acceptors (Lipinski definition) is 4. The van der Waals surface area contributed by atoms with E-state index in [-0.39, 0.29) is 5.92 Å². The van der Waals surface area contributed by atoms with Crippen LogP contribution in [0.5, 0.6) is 0 Å². The highest BCUT2D eigenvalue weighted by molar-refractivity contribution is 7.85. The first kappa shape index (κ1) is 10.9. The van der Waals surface area contributed by atoms with Crippen LogP contribution in [0.15, 0.2) is 0 Å². The Morgan fingerprint density at radius 2 is 1.92 bits per heavy atom. The van der Waals surface area contributed by atoms with Gasteiger partial charge in [-0.2, -0.15) is 8.42 Å². The van der Waals surface area contributed by atoms with E-state index in [9.17, 15) is 13.5 Å². The molecule has 1 heterocycles. The second-order valence-corrected chi connectivity index (χ2v) is 4.76. The quantitative estimate of drug-likeness (QED) is 0.623. The van der Waals surface area contributed by atoms with Gasteiger partial charge in [0.2, 0.25) is 0 Å². The van der Waals surface area contributed by atoms with Gasteiger partial charge in [0, 0.05) is 13.2 Å². The summed E-state index contributed by atoms with van der Waals surface area (Å²) >= 11 is 0. The predicted octanol–water partition coefficient (Wildman–Crippen LogP) is -0.338. The van der Waals surface area contributed by atoms with Gasteiger partial charge in [-0.1, -0.05) is 0 Å². The Balaban J connectivity index is 2.42. The normalized spacial score (nSPS) is 22.9. The van der Waals surface area contributed by atoms with Gasteiger partial charge in [0.1, 0.15) is 5.75 Å². The van der Waals surface area contributed by atoms with E-state index in [0.717, 1.165) is 0 Å². The molecular weight excluding hydrogens is 196 g/mol. The topological polar surface area (TPSA) is 83.8 Å². The van der Waals surface area contributed by atoms with Crippen molar-refractivity contribution in [1.82, 2.24) is 0 Å². The van der Waals surface area contributed by atoms with Crippen molar-refractivity contribution in [1.29, 1.82) is 0 Å². The second kappa shape index (κ2) is 4.36. The van der Waals surface area contributed by atoms with E-state index >= 15 is 0 Å². The molecule has 0 amide bonds. The molecule has 1 aliphatic heterocycles. The Labute approximate surface area is 77.5 Å². The van der Waals surface area contributed by atoms with Crippen LogP contribution in [-0.4, -0.2) is 43.1 Å². The molecule has 1 unspecified atom stereocenters. The highest BCUT2D eigenvalue weighted by Crippen LogP contribution is 2.19. The second-order valence-electron chi connectivity index (χ2n) is 3.27. The van der Waals surface area contributed by atoms with Crippen LogP contribution in [0.2, 0.25) is 0 Å². The van der Waals surface area contributed by atoms with Crippen molar-refractivity contribution in [3.8, 4) is 0 Å². The van der Waals surface area contributed by atoms with Gasteiger partial charge in [-0.25, -0.2) is 0 Å². The number of aliphatic hydroxyl groups excluding tert-OH is 1. The Morgan fingerprint density at radius 3 is 2.38 bits per heavy atom. The summed E-state index contributed by atoms with van der Waals surface area (Å²) in [5, 5.41) is 9.41. The van der Waals surface area contributed by atoms with Gasteiger partial charge < -0.3 is 9.84 Å². The molecule has 13 heavy (non-hydrogen) atoms. The van der Waals surface area contributed by atoms with Gasteiger partial charge in [0.25, 0.3) is 10.1 Å². The van der Waals surface area contributed by atoms with Gasteiger partial charge in [0.15, 0.2) is 0 Å². The van der Waals surface area contributed by atoms with Gasteiger partial charge in [-0.05, 0) is 18.8 Å². The summed E-state index contributed by atoms with van der Waals surface area (Å²) in [5.74, 6) is -0.645. The van der Waals surface area contributed by atoms with Crippen LogP contribution in [0, 0.1) is 5.92 Å². The first-order chi connectivity index (χ1) is 5.99. The van der Waals surface area contributed by atoms with Crippen molar-refractivity contribution in [3.05, 3.63) is 0 Å². The first-order valence-electron chi connectivity index (χ1n) is 4.20. The Kier molecular flexibility index (Phi) is 3.66. The average molecular weight is 210 g/mol. The summed E-state index contributed by atoms with van der Waals surface area (Å²) < 4.78 is 34.5. The van der Waals surface area contributed by atoms with E-state index in [1.165, 1.54) is 0 Å². The smallest absolute Gasteiger partial charge is 0.267 e. The molecule has 1 rings (SSSR count). The molecule has 0 bridgehead atoms. The lowest BCUT2D eigenvalue weighted by Gasteiger charge is -2.25. The summed E-state index contributed by atoms with van der Waals surface area (Å²) in [4.78, 5) is 0. The Bertz CT molecular complexity index is 242. The van der Waals surface area contributed by atoms with Crippen LogP contribution in [-0.2, 0) is 14.9 Å². The summed E-state index contributed by atoms with van der Waals surface area (Å²) in [5.41, 5.74) is 0. The molecule has 0 spiro atoms. The van der Waals surface area contributed by atoms with E-state index in [1.54, 1.807) is 0 Å². The van der Waals surface area contributed by atoms with Crippen LogP contribution >= 0.6 is 0 Å². The molecule has 1 atom stereocenters. The number of hydrogen-bond donors (Lipinski definition) is 2. The summed E-state index contributed by atoms with van der Waals surface area (Å²) in [7, 11) is -4.06.